The van der Waals surface area contributed by atoms with Crippen molar-refractivity contribution in [2.45, 2.75) is 116 Å². The van der Waals surface area contributed by atoms with Crippen molar-refractivity contribution in [3.63, 3.8) is 0 Å². The summed E-state index contributed by atoms with van der Waals surface area (Å²) in [5, 5.41) is 2.30. The summed E-state index contributed by atoms with van der Waals surface area (Å²) >= 11 is 0. The minimum Gasteiger partial charge on any atom is -0.298 e. The standard InChI is InChI=1S/C34H49NO/c1-7-9-23-36-35-33(3,4)24-32(25-34(35,5)6)31-21-19-30(20-22-31)29-17-15-28(16-18-29)27-13-11-26(10-8-2)12-14-27/h13,15-22,26,32H,7-12,14,23-25H2,1-6H3. The topological polar surface area (TPSA) is 12.5 Å². The number of rotatable bonds is 9. The number of hydroxylamine groups is 2. The molecule has 1 atom stereocenters. The van der Waals surface area contributed by atoms with Gasteiger partial charge in [-0.2, -0.15) is 5.06 Å². The fraction of sp³-hybridized carbons (Fsp3) is 0.588. The van der Waals surface area contributed by atoms with Crippen LogP contribution in [0.15, 0.2) is 54.6 Å². The van der Waals surface area contributed by atoms with E-state index in [1.54, 1.807) is 5.57 Å². The van der Waals surface area contributed by atoms with Crippen LogP contribution in [0.4, 0.5) is 0 Å². The first kappa shape index (κ1) is 27.1. The fourth-order valence-corrected chi connectivity index (χ4v) is 6.79. The maximum absolute atomic E-state index is 6.31. The molecule has 0 aromatic heterocycles. The van der Waals surface area contributed by atoms with Gasteiger partial charge in [0.1, 0.15) is 0 Å². The van der Waals surface area contributed by atoms with Crippen LogP contribution in [0.5, 0.6) is 0 Å². The third-order valence-corrected chi connectivity index (χ3v) is 8.50. The highest BCUT2D eigenvalue weighted by Crippen LogP contribution is 2.46. The van der Waals surface area contributed by atoms with Gasteiger partial charge in [-0.3, -0.25) is 4.84 Å². The molecule has 2 nitrogen and oxygen atoms in total. The minimum absolute atomic E-state index is 0.0129. The van der Waals surface area contributed by atoms with Crippen molar-refractivity contribution in [2.24, 2.45) is 5.92 Å². The molecule has 0 amide bonds. The largest absolute Gasteiger partial charge is 0.298 e. The monoisotopic (exact) mass is 487 g/mol. The molecular weight excluding hydrogens is 438 g/mol. The molecule has 1 heterocycles. The van der Waals surface area contributed by atoms with E-state index in [0.717, 1.165) is 31.8 Å². The zero-order valence-corrected chi connectivity index (χ0v) is 23.8. The van der Waals surface area contributed by atoms with Crippen molar-refractivity contribution in [1.82, 2.24) is 5.06 Å². The summed E-state index contributed by atoms with van der Waals surface area (Å²) < 4.78 is 0. The highest BCUT2D eigenvalue weighted by molar-refractivity contribution is 5.71. The average molecular weight is 488 g/mol. The summed E-state index contributed by atoms with van der Waals surface area (Å²) in [5.74, 6) is 1.45. The average Bonchev–Trinajstić information content (AvgIpc) is 2.86. The molecule has 2 aromatic carbocycles. The molecular formula is C34H49NO. The van der Waals surface area contributed by atoms with E-state index in [9.17, 15) is 0 Å². The zero-order chi connectivity index (χ0) is 25.8. The second-order valence-electron chi connectivity index (χ2n) is 12.6. The Morgan fingerprint density at radius 1 is 0.806 bits per heavy atom. The van der Waals surface area contributed by atoms with Gasteiger partial charge in [-0.1, -0.05) is 87.7 Å². The van der Waals surface area contributed by atoms with Gasteiger partial charge >= 0.3 is 0 Å². The van der Waals surface area contributed by atoms with Crippen molar-refractivity contribution >= 4 is 5.57 Å². The van der Waals surface area contributed by atoms with Crippen molar-refractivity contribution < 1.29 is 4.84 Å². The Balaban J connectivity index is 1.42. The third-order valence-electron chi connectivity index (χ3n) is 8.50. The third kappa shape index (κ3) is 6.32. The maximum atomic E-state index is 6.31. The molecule has 36 heavy (non-hydrogen) atoms. The van der Waals surface area contributed by atoms with Crippen LogP contribution in [0.2, 0.25) is 0 Å². The van der Waals surface area contributed by atoms with Crippen LogP contribution in [0, 0.1) is 5.92 Å². The van der Waals surface area contributed by atoms with Crippen LogP contribution < -0.4 is 0 Å². The zero-order valence-electron chi connectivity index (χ0n) is 23.8. The van der Waals surface area contributed by atoms with Gasteiger partial charge in [-0.25, -0.2) is 0 Å². The molecule has 1 fully saturated rings. The molecule has 196 valence electrons. The summed E-state index contributed by atoms with van der Waals surface area (Å²) in [4.78, 5) is 6.31. The van der Waals surface area contributed by atoms with Crippen LogP contribution in [0.1, 0.15) is 116 Å². The molecule has 2 aromatic rings. The Hall–Kier alpha value is -1.90. The van der Waals surface area contributed by atoms with Crippen LogP contribution in [-0.2, 0) is 4.84 Å². The van der Waals surface area contributed by atoms with E-state index >= 15 is 0 Å². The Kier molecular flexibility index (Phi) is 8.79. The molecule has 0 bridgehead atoms. The van der Waals surface area contributed by atoms with Crippen LogP contribution >= 0.6 is 0 Å². The predicted octanol–water partition coefficient (Wildman–Crippen LogP) is 9.81. The van der Waals surface area contributed by atoms with Gasteiger partial charge in [-0.05, 0) is 106 Å². The number of benzene rings is 2. The Bertz CT molecular complexity index is 980. The lowest BCUT2D eigenvalue weighted by molar-refractivity contribution is -0.283. The van der Waals surface area contributed by atoms with Crippen molar-refractivity contribution in [3.05, 3.63) is 65.7 Å². The Labute approximate surface area is 221 Å². The highest BCUT2D eigenvalue weighted by atomic mass is 16.7. The van der Waals surface area contributed by atoms with Crippen molar-refractivity contribution in [2.75, 3.05) is 6.61 Å². The summed E-state index contributed by atoms with van der Waals surface area (Å²) in [6.45, 7) is 14.7. The van der Waals surface area contributed by atoms with E-state index in [2.05, 4.69) is 101 Å². The molecule has 0 spiro atoms. The lowest BCUT2D eigenvalue weighted by Gasteiger charge is -2.54. The van der Waals surface area contributed by atoms with Crippen LogP contribution in [0.3, 0.4) is 0 Å². The van der Waals surface area contributed by atoms with Gasteiger partial charge < -0.3 is 0 Å². The smallest absolute Gasteiger partial charge is 0.0685 e. The van der Waals surface area contributed by atoms with Gasteiger partial charge in [0.05, 0.1) is 6.61 Å². The molecule has 1 saturated heterocycles. The molecule has 0 saturated carbocycles. The lowest BCUT2D eigenvalue weighted by atomic mass is 9.72. The van der Waals surface area contributed by atoms with E-state index in [-0.39, 0.29) is 11.1 Å². The van der Waals surface area contributed by atoms with Gasteiger partial charge in [0.2, 0.25) is 0 Å². The molecule has 1 aliphatic heterocycles. The summed E-state index contributed by atoms with van der Waals surface area (Å²) in [7, 11) is 0. The number of hydrogen-bond donors (Lipinski definition) is 0. The maximum Gasteiger partial charge on any atom is 0.0685 e. The first-order chi connectivity index (χ1) is 17.2. The molecule has 1 aliphatic carbocycles. The van der Waals surface area contributed by atoms with E-state index in [1.165, 1.54) is 60.8 Å². The fourth-order valence-electron chi connectivity index (χ4n) is 6.79. The van der Waals surface area contributed by atoms with Gasteiger partial charge in [0, 0.05) is 11.1 Å². The normalized spacial score (nSPS) is 22.4. The van der Waals surface area contributed by atoms with E-state index in [0.29, 0.717) is 5.92 Å². The second-order valence-corrected chi connectivity index (χ2v) is 12.6. The molecule has 0 radical (unpaired) electrons. The van der Waals surface area contributed by atoms with Crippen LogP contribution in [0.25, 0.3) is 16.7 Å². The minimum atomic E-state index is 0.0129. The summed E-state index contributed by atoms with van der Waals surface area (Å²) in [6, 6.07) is 18.6. The Morgan fingerprint density at radius 3 is 1.92 bits per heavy atom. The number of nitrogens with zero attached hydrogens (tertiary/aromatic N) is 1. The van der Waals surface area contributed by atoms with Crippen LogP contribution in [-0.4, -0.2) is 22.7 Å². The summed E-state index contributed by atoms with van der Waals surface area (Å²) in [6.07, 6.45) is 13.5. The van der Waals surface area contributed by atoms with Gasteiger partial charge in [0.25, 0.3) is 0 Å². The quantitative estimate of drug-likeness (QED) is 0.326. The van der Waals surface area contributed by atoms with Gasteiger partial charge in [-0.15, -0.1) is 0 Å². The molecule has 2 heteroatoms. The number of allylic oxidation sites excluding steroid dienone is 2. The van der Waals surface area contributed by atoms with Crippen molar-refractivity contribution in [3.8, 4) is 11.1 Å². The second kappa shape index (κ2) is 11.7. The molecule has 4 rings (SSSR count). The molecule has 1 unspecified atom stereocenters. The number of hydrogen-bond acceptors (Lipinski definition) is 2. The number of unbranched alkanes of at least 4 members (excludes halogenated alkanes) is 1. The van der Waals surface area contributed by atoms with E-state index in [1.807, 2.05) is 0 Å². The molecule has 2 aliphatic rings. The number of piperidine rings is 1. The first-order valence-electron chi connectivity index (χ1n) is 14.6. The highest BCUT2D eigenvalue weighted by Gasteiger charge is 2.46. The predicted molar refractivity (Wildman–Crippen MR) is 155 cm³/mol. The first-order valence-corrected chi connectivity index (χ1v) is 14.6. The molecule has 0 N–H and O–H groups in total. The lowest BCUT2D eigenvalue weighted by Crippen LogP contribution is -2.59. The van der Waals surface area contributed by atoms with Crippen molar-refractivity contribution in [1.29, 1.82) is 0 Å². The van der Waals surface area contributed by atoms with E-state index in [4.69, 9.17) is 4.84 Å². The SMILES string of the molecule is CCCCON1C(C)(C)CC(c2ccc(-c3ccc(C4=CCC(CCC)CC4)cc3)cc2)CC1(C)C. The van der Waals surface area contributed by atoms with E-state index < -0.39 is 0 Å². The van der Waals surface area contributed by atoms with Gasteiger partial charge in [0.15, 0.2) is 0 Å². The summed E-state index contributed by atoms with van der Waals surface area (Å²) in [5.41, 5.74) is 7.05. The Morgan fingerprint density at radius 2 is 1.39 bits per heavy atom.